The van der Waals surface area contributed by atoms with Crippen molar-refractivity contribution in [3.05, 3.63) is 119 Å². The van der Waals surface area contributed by atoms with Crippen LogP contribution in [0.5, 0.6) is 11.5 Å². The van der Waals surface area contributed by atoms with Crippen molar-refractivity contribution in [2.75, 3.05) is 25.1 Å². The smallest absolute Gasteiger partial charge is 0.264 e. The summed E-state index contributed by atoms with van der Waals surface area (Å²) in [7, 11) is -1.39. The van der Waals surface area contributed by atoms with E-state index in [2.05, 4.69) is 21.2 Å². The van der Waals surface area contributed by atoms with Crippen molar-refractivity contribution in [3.63, 3.8) is 0 Å². The highest BCUT2D eigenvalue weighted by Gasteiger charge is 2.36. The third-order valence-electron chi connectivity index (χ3n) is 8.73. The number of carbonyl (C=O) groups excluding carboxylic acids is 2. The van der Waals surface area contributed by atoms with Crippen molar-refractivity contribution >= 4 is 43.5 Å². The number of halogens is 1. The van der Waals surface area contributed by atoms with E-state index in [0.717, 1.165) is 52.0 Å². The molecule has 1 fully saturated rings. The zero-order valence-corrected chi connectivity index (χ0v) is 30.2. The first-order valence-electron chi connectivity index (χ1n) is 16.4. The summed E-state index contributed by atoms with van der Waals surface area (Å²) in [4.78, 5) is 30.6. The predicted molar refractivity (Wildman–Crippen MR) is 194 cm³/mol. The Morgan fingerprint density at radius 1 is 0.837 bits per heavy atom. The van der Waals surface area contributed by atoms with Crippen LogP contribution in [-0.4, -0.2) is 58.0 Å². The van der Waals surface area contributed by atoms with Gasteiger partial charge in [0.1, 0.15) is 24.1 Å². The third kappa shape index (κ3) is 9.21. The molecule has 0 saturated heterocycles. The molecule has 0 radical (unpaired) electrons. The molecule has 4 aromatic rings. The summed E-state index contributed by atoms with van der Waals surface area (Å²) in [5.41, 5.74) is 1.79. The maximum absolute atomic E-state index is 14.8. The van der Waals surface area contributed by atoms with E-state index in [9.17, 15) is 18.0 Å². The lowest BCUT2D eigenvalue weighted by Crippen LogP contribution is -2.55. The van der Waals surface area contributed by atoms with Gasteiger partial charge in [-0.05, 0) is 60.4 Å². The lowest BCUT2D eigenvalue weighted by molar-refractivity contribution is -0.140. The summed E-state index contributed by atoms with van der Waals surface area (Å²) in [6, 6.07) is 28.9. The van der Waals surface area contributed by atoms with Gasteiger partial charge in [-0.1, -0.05) is 95.9 Å². The van der Waals surface area contributed by atoms with Gasteiger partial charge in [0, 0.05) is 29.5 Å². The number of methoxy groups -OCH3 is 2. The van der Waals surface area contributed by atoms with Crippen LogP contribution in [0.4, 0.5) is 5.69 Å². The maximum atomic E-state index is 14.8. The van der Waals surface area contributed by atoms with Crippen molar-refractivity contribution in [1.29, 1.82) is 0 Å². The number of rotatable bonds is 14. The number of benzene rings is 4. The Morgan fingerprint density at radius 2 is 1.51 bits per heavy atom. The second-order valence-corrected chi connectivity index (χ2v) is 14.8. The zero-order valence-electron chi connectivity index (χ0n) is 27.8. The molecule has 1 aliphatic rings. The third-order valence-corrected chi connectivity index (χ3v) is 11.0. The number of sulfonamides is 1. The average molecular weight is 749 g/mol. The number of carbonyl (C=O) groups is 2. The molecule has 1 unspecified atom stereocenters. The Morgan fingerprint density at radius 3 is 2.16 bits per heavy atom. The van der Waals surface area contributed by atoms with Gasteiger partial charge in [-0.25, -0.2) is 8.42 Å². The van der Waals surface area contributed by atoms with Crippen molar-refractivity contribution in [2.45, 2.75) is 62.0 Å². The molecule has 0 aliphatic heterocycles. The normalized spacial score (nSPS) is 14.0. The van der Waals surface area contributed by atoms with Crippen LogP contribution in [0.2, 0.25) is 0 Å². The van der Waals surface area contributed by atoms with Gasteiger partial charge in [0.25, 0.3) is 10.0 Å². The molecule has 0 bridgehead atoms. The van der Waals surface area contributed by atoms with Gasteiger partial charge in [-0.15, -0.1) is 0 Å². The van der Waals surface area contributed by atoms with E-state index in [1.807, 2.05) is 54.6 Å². The van der Waals surface area contributed by atoms with Crippen LogP contribution in [0.3, 0.4) is 0 Å². The fourth-order valence-electron chi connectivity index (χ4n) is 6.15. The molecule has 258 valence electrons. The van der Waals surface area contributed by atoms with E-state index in [4.69, 9.17) is 9.47 Å². The predicted octanol–water partition coefficient (Wildman–Crippen LogP) is 6.75. The molecule has 2 amide bonds. The second-order valence-electron chi connectivity index (χ2n) is 12.1. The first kappa shape index (κ1) is 35.9. The fraction of sp³-hybridized carbons (Fsp3) is 0.316. The van der Waals surface area contributed by atoms with Crippen molar-refractivity contribution < 1.29 is 27.5 Å². The summed E-state index contributed by atoms with van der Waals surface area (Å²) in [6.45, 7) is -0.529. The molecule has 11 heteroatoms. The van der Waals surface area contributed by atoms with Crippen molar-refractivity contribution in [2.24, 2.45) is 0 Å². The molecule has 1 atom stereocenters. The molecule has 5 rings (SSSR count). The number of nitrogens with one attached hydrogen (secondary N) is 1. The molecule has 49 heavy (non-hydrogen) atoms. The SMILES string of the molecule is COc1ccc(OC)c(N(CC(=O)N(Cc2cccc(Br)c2)C(Cc2ccccc2)C(=O)NC2CCCCC2)S(=O)(=O)c2ccccc2)c1. The highest BCUT2D eigenvalue weighted by Crippen LogP contribution is 2.36. The molecule has 1 N–H and O–H groups in total. The molecule has 1 aliphatic carbocycles. The second kappa shape index (κ2) is 16.8. The molecule has 0 aromatic heterocycles. The number of hydrogen-bond acceptors (Lipinski definition) is 6. The van der Waals surface area contributed by atoms with Crippen LogP contribution < -0.4 is 19.1 Å². The number of anilines is 1. The van der Waals surface area contributed by atoms with Gasteiger partial charge in [0.2, 0.25) is 11.8 Å². The largest absolute Gasteiger partial charge is 0.497 e. The minimum absolute atomic E-state index is 0.00194. The fourth-order valence-corrected chi connectivity index (χ4v) is 8.04. The molecule has 0 heterocycles. The quantitative estimate of drug-likeness (QED) is 0.153. The Labute approximate surface area is 297 Å². The van der Waals surface area contributed by atoms with Gasteiger partial charge < -0.3 is 19.7 Å². The minimum atomic E-state index is -4.31. The van der Waals surface area contributed by atoms with Gasteiger partial charge in [-0.2, -0.15) is 0 Å². The average Bonchev–Trinajstić information content (AvgIpc) is 3.12. The van der Waals surface area contributed by atoms with Crippen molar-refractivity contribution in [3.8, 4) is 11.5 Å². The maximum Gasteiger partial charge on any atom is 0.264 e. The standard InChI is InChI=1S/C38H42BrN3O6S/c1-47-32-21-22-36(48-2)34(25-32)42(49(45,46)33-19-10-5-11-20-33)27-37(43)41(26-29-15-12-16-30(39)23-29)35(24-28-13-6-3-7-14-28)38(44)40-31-17-8-4-9-18-31/h3,5-7,10-16,19-23,25,31,35H,4,8-9,17-18,24,26-27H2,1-2H3,(H,40,44). The Kier molecular flexibility index (Phi) is 12.4. The van der Waals surface area contributed by atoms with Gasteiger partial charge in [0.15, 0.2) is 0 Å². The van der Waals surface area contributed by atoms with Crippen LogP contribution in [0.15, 0.2) is 112 Å². The van der Waals surface area contributed by atoms with Crippen LogP contribution in [0.25, 0.3) is 0 Å². The molecule has 0 spiro atoms. The lowest BCUT2D eigenvalue weighted by atomic mass is 9.94. The van der Waals surface area contributed by atoms with Crippen molar-refractivity contribution in [1.82, 2.24) is 10.2 Å². The Balaban J connectivity index is 1.61. The van der Waals surface area contributed by atoms with E-state index in [1.54, 1.807) is 30.3 Å². The summed E-state index contributed by atoms with van der Waals surface area (Å²) in [5.74, 6) is -0.196. The molecular formula is C38H42BrN3O6S. The van der Waals surface area contributed by atoms with Gasteiger partial charge in [-0.3, -0.25) is 13.9 Å². The zero-order chi connectivity index (χ0) is 34.8. The molecule has 1 saturated carbocycles. The number of ether oxygens (including phenoxy) is 2. The molecule has 9 nitrogen and oxygen atoms in total. The van der Waals surface area contributed by atoms with Gasteiger partial charge >= 0.3 is 0 Å². The highest BCUT2D eigenvalue weighted by atomic mass is 79.9. The first-order valence-corrected chi connectivity index (χ1v) is 18.6. The summed E-state index contributed by atoms with van der Waals surface area (Å²) >= 11 is 3.53. The van der Waals surface area contributed by atoms with E-state index < -0.39 is 28.5 Å². The number of amides is 2. The summed E-state index contributed by atoms with van der Waals surface area (Å²) in [6.07, 6.45) is 5.19. The van der Waals surface area contributed by atoms with E-state index in [1.165, 1.54) is 37.3 Å². The van der Waals surface area contributed by atoms with E-state index >= 15 is 0 Å². The number of hydrogen-bond donors (Lipinski definition) is 1. The topological polar surface area (TPSA) is 105 Å². The van der Waals surface area contributed by atoms with E-state index in [-0.39, 0.29) is 41.2 Å². The van der Waals surface area contributed by atoms with Gasteiger partial charge in [0.05, 0.1) is 24.8 Å². The molecular weight excluding hydrogens is 706 g/mol. The summed E-state index contributed by atoms with van der Waals surface area (Å²) < 4.78 is 41.7. The van der Waals surface area contributed by atoms with Crippen LogP contribution >= 0.6 is 15.9 Å². The Bertz CT molecular complexity index is 1820. The van der Waals surface area contributed by atoms with Crippen LogP contribution in [0.1, 0.15) is 43.2 Å². The lowest BCUT2D eigenvalue weighted by Gasteiger charge is -2.35. The summed E-state index contributed by atoms with van der Waals surface area (Å²) in [5, 5.41) is 3.24. The van der Waals surface area contributed by atoms with Crippen LogP contribution in [0, 0.1) is 0 Å². The molecule has 4 aromatic carbocycles. The monoisotopic (exact) mass is 747 g/mol. The van der Waals surface area contributed by atoms with Crippen LogP contribution in [-0.2, 0) is 32.6 Å². The first-order chi connectivity index (χ1) is 23.7. The minimum Gasteiger partial charge on any atom is -0.497 e. The Hall–Kier alpha value is -4.35. The number of nitrogens with zero attached hydrogens (tertiary/aromatic N) is 2. The highest BCUT2D eigenvalue weighted by molar-refractivity contribution is 9.10. The van der Waals surface area contributed by atoms with E-state index in [0.29, 0.717) is 5.75 Å².